The molecule has 1 unspecified atom stereocenters. The van der Waals surface area contributed by atoms with Gasteiger partial charge in [0.15, 0.2) is 0 Å². The highest BCUT2D eigenvalue weighted by molar-refractivity contribution is 5.99. The first-order chi connectivity index (χ1) is 13.4. The number of amides is 1. The van der Waals surface area contributed by atoms with E-state index in [9.17, 15) is 9.59 Å². The van der Waals surface area contributed by atoms with E-state index in [0.717, 1.165) is 32.1 Å². The van der Waals surface area contributed by atoms with Crippen molar-refractivity contribution in [2.45, 2.75) is 71.8 Å². The third-order valence-corrected chi connectivity index (χ3v) is 4.68. The predicted octanol–water partition coefficient (Wildman–Crippen LogP) is 4.97. The Labute approximate surface area is 168 Å². The second-order valence-corrected chi connectivity index (χ2v) is 6.98. The Morgan fingerprint density at radius 3 is 2.39 bits per heavy atom. The number of carbonyl (C=O) groups is 2. The minimum Gasteiger partial charge on any atom is -0.493 e. The van der Waals surface area contributed by atoms with Crippen molar-refractivity contribution in [2.75, 3.05) is 25.6 Å². The molecule has 1 N–H and O–H groups in total. The molecule has 1 atom stereocenters. The van der Waals surface area contributed by atoms with Gasteiger partial charge in [0.25, 0.3) is 5.91 Å². The normalized spacial score (nSPS) is 12.9. The van der Waals surface area contributed by atoms with Crippen LogP contribution in [0.5, 0.6) is 5.75 Å². The molecule has 0 saturated carbocycles. The molecule has 0 spiro atoms. The Morgan fingerprint density at radius 2 is 1.79 bits per heavy atom. The fourth-order valence-corrected chi connectivity index (χ4v) is 2.71. The molecule has 1 aromatic carbocycles. The molecule has 6 nitrogen and oxygen atoms in total. The van der Waals surface area contributed by atoms with Crippen molar-refractivity contribution in [1.82, 2.24) is 0 Å². The molecule has 6 heteroatoms. The third-order valence-electron chi connectivity index (χ3n) is 4.68. The zero-order valence-corrected chi connectivity index (χ0v) is 17.9. The van der Waals surface area contributed by atoms with Crippen LogP contribution in [0.15, 0.2) is 18.2 Å². The van der Waals surface area contributed by atoms with Crippen LogP contribution in [0.25, 0.3) is 0 Å². The lowest BCUT2D eigenvalue weighted by Gasteiger charge is -2.27. The van der Waals surface area contributed by atoms with Crippen molar-refractivity contribution in [3.05, 3.63) is 23.8 Å². The van der Waals surface area contributed by atoms with Crippen LogP contribution in [0.1, 0.15) is 76.6 Å². The molecule has 1 rings (SSSR count). The predicted molar refractivity (Wildman–Crippen MR) is 111 cm³/mol. The first-order valence-corrected chi connectivity index (χ1v) is 10.2. The van der Waals surface area contributed by atoms with E-state index in [1.165, 1.54) is 0 Å². The number of anilines is 1. The number of ether oxygens (including phenoxy) is 3. The first-order valence-electron chi connectivity index (χ1n) is 10.2. The Hall–Kier alpha value is -2.08. The fraction of sp³-hybridized carbons (Fsp3) is 0.636. The lowest BCUT2D eigenvalue weighted by atomic mass is 9.96. The Balaban J connectivity index is 2.98. The minimum atomic E-state index is -0.921. The lowest BCUT2D eigenvalue weighted by Crippen LogP contribution is -2.42. The second kappa shape index (κ2) is 12.4. The Kier molecular flexibility index (Phi) is 10.6. The molecule has 0 aliphatic carbocycles. The number of carbonyl (C=O) groups excluding carboxylic acids is 2. The SMILES string of the molecule is CCCCCC(C)(OC)C(=O)Nc1ccc(OCCCC)c(C(=O)OCC)c1. The number of unbranched alkanes of at least 4 members (excludes halogenated alkanes) is 3. The van der Waals surface area contributed by atoms with E-state index in [1.54, 1.807) is 39.2 Å². The molecule has 1 amide bonds. The van der Waals surface area contributed by atoms with Gasteiger partial charge in [-0.1, -0.05) is 39.5 Å². The van der Waals surface area contributed by atoms with Gasteiger partial charge in [-0.15, -0.1) is 0 Å². The number of hydrogen-bond acceptors (Lipinski definition) is 5. The molecular formula is C22H35NO5. The number of esters is 1. The van der Waals surface area contributed by atoms with E-state index in [1.807, 2.05) is 0 Å². The van der Waals surface area contributed by atoms with E-state index in [-0.39, 0.29) is 12.5 Å². The van der Waals surface area contributed by atoms with Crippen LogP contribution in [0.4, 0.5) is 5.69 Å². The van der Waals surface area contributed by atoms with E-state index in [0.29, 0.717) is 30.0 Å². The highest BCUT2D eigenvalue weighted by atomic mass is 16.5. The number of benzene rings is 1. The Bertz CT molecular complexity index is 631. The van der Waals surface area contributed by atoms with Crippen LogP contribution in [-0.2, 0) is 14.3 Å². The second-order valence-electron chi connectivity index (χ2n) is 6.98. The molecule has 0 heterocycles. The number of methoxy groups -OCH3 is 1. The van der Waals surface area contributed by atoms with Gasteiger partial charge in [0.05, 0.1) is 13.2 Å². The van der Waals surface area contributed by atoms with Crippen molar-refractivity contribution in [2.24, 2.45) is 0 Å². The van der Waals surface area contributed by atoms with Crippen molar-refractivity contribution < 1.29 is 23.8 Å². The van der Waals surface area contributed by atoms with Gasteiger partial charge in [-0.2, -0.15) is 0 Å². The summed E-state index contributed by atoms with van der Waals surface area (Å²) in [7, 11) is 1.54. The average Bonchev–Trinajstić information content (AvgIpc) is 2.69. The van der Waals surface area contributed by atoms with Gasteiger partial charge < -0.3 is 19.5 Å². The third kappa shape index (κ3) is 7.15. The van der Waals surface area contributed by atoms with Crippen LogP contribution in [0.3, 0.4) is 0 Å². The Morgan fingerprint density at radius 1 is 1.07 bits per heavy atom. The number of rotatable bonds is 13. The maximum absolute atomic E-state index is 12.8. The van der Waals surface area contributed by atoms with Gasteiger partial charge in [-0.3, -0.25) is 4.79 Å². The smallest absolute Gasteiger partial charge is 0.341 e. The van der Waals surface area contributed by atoms with Crippen LogP contribution in [0, 0.1) is 0 Å². The summed E-state index contributed by atoms with van der Waals surface area (Å²) in [5.74, 6) is -0.245. The standard InChI is InChI=1S/C22H35NO5/c1-6-9-11-14-22(4,26-5)21(25)23-17-12-13-19(28-15-10-7-2)18(16-17)20(24)27-8-3/h12-13,16H,6-11,14-15H2,1-5H3,(H,23,25). The monoisotopic (exact) mass is 393 g/mol. The molecule has 0 saturated heterocycles. The zero-order valence-electron chi connectivity index (χ0n) is 17.9. The van der Waals surface area contributed by atoms with Crippen molar-refractivity contribution in [3.8, 4) is 5.75 Å². The number of nitrogens with one attached hydrogen (secondary N) is 1. The largest absolute Gasteiger partial charge is 0.493 e. The molecular weight excluding hydrogens is 358 g/mol. The van der Waals surface area contributed by atoms with Gasteiger partial charge in [-0.05, 0) is 44.9 Å². The summed E-state index contributed by atoms with van der Waals surface area (Å²) in [5.41, 5.74) is -0.106. The average molecular weight is 394 g/mol. The molecule has 0 fully saturated rings. The summed E-state index contributed by atoms with van der Waals surface area (Å²) in [6.07, 6.45) is 5.55. The summed E-state index contributed by atoms with van der Waals surface area (Å²) >= 11 is 0. The summed E-state index contributed by atoms with van der Waals surface area (Å²) in [5, 5.41) is 2.86. The van der Waals surface area contributed by atoms with Gasteiger partial charge >= 0.3 is 5.97 Å². The van der Waals surface area contributed by atoms with E-state index in [4.69, 9.17) is 14.2 Å². The van der Waals surface area contributed by atoms with Gasteiger partial charge in [-0.25, -0.2) is 4.79 Å². The molecule has 158 valence electrons. The molecule has 1 aromatic rings. The van der Waals surface area contributed by atoms with Gasteiger partial charge in [0.1, 0.15) is 16.9 Å². The lowest BCUT2D eigenvalue weighted by molar-refractivity contribution is -0.136. The van der Waals surface area contributed by atoms with E-state index < -0.39 is 11.6 Å². The molecule has 28 heavy (non-hydrogen) atoms. The van der Waals surface area contributed by atoms with Crippen LogP contribution < -0.4 is 10.1 Å². The summed E-state index contributed by atoms with van der Waals surface area (Å²) in [4.78, 5) is 25.1. The summed E-state index contributed by atoms with van der Waals surface area (Å²) in [6, 6.07) is 5.02. The highest BCUT2D eigenvalue weighted by Crippen LogP contribution is 2.26. The summed E-state index contributed by atoms with van der Waals surface area (Å²) in [6.45, 7) is 8.51. The molecule has 0 aliphatic rings. The maximum Gasteiger partial charge on any atom is 0.341 e. The number of hydrogen-bond donors (Lipinski definition) is 1. The van der Waals surface area contributed by atoms with Crippen molar-refractivity contribution in [1.29, 1.82) is 0 Å². The van der Waals surface area contributed by atoms with Crippen molar-refractivity contribution >= 4 is 17.6 Å². The van der Waals surface area contributed by atoms with Crippen LogP contribution in [0.2, 0.25) is 0 Å². The van der Waals surface area contributed by atoms with Crippen LogP contribution in [-0.4, -0.2) is 37.8 Å². The van der Waals surface area contributed by atoms with E-state index in [2.05, 4.69) is 19.2 Å². The molecule has 0 aliphatic heterocycles. The van der Waals surface area contributed by atoms with E-state index >= 15 is 0 Å². The topological polar surface area (TPSA) is 73.9 Å². The molecule has 0 bridgehead atoms. The van der Waals surface area contributed by atoms with Gasteiger partial charge in [0, 0.05) is 12.8 Å². The maximum atomic E-state index is 12.8. The highest BCUT2D eigenvalue weighted by Gasteiger charge is 2.32. The van der Waals surface area contributed by atoms with Gasteiger partial charge in [0.2, 0.25) is 0 Å². The fourth-order valence-electron chi connectivity index (χ4n) is 2.71. The van der Waals surface area contributed by atoms with Crippen molar-refractivity contribution in [3.63, 3.8) is 0 Å². The first kappa shape index (κ1) is 24.0. The molecule has 0 aromatic heterocycles. The zero-order chi connectivity index (χ0) is 21.0. The quantitative estimate of drug-likeness (QED) is 0.378. The minimum absolute atomic E-state index is 0.236. The van der Waals surface area contributed by atoms with Crippen LogP contribution >= 0.6 is 0 Å². The molecule has 0 radical (unpaired) electrons. The summed E-state index contributed by atoms with van der Waals surface area (Å²) < 4.78 is 16.3.